The summed E-state index contributed by atoms with van der Waals surface area (Å²) < 4.78 is 5.38. The van der Waals surface area contributed by atoms with Crippen molar-refractivity contribution in [3.63, 3.8) is 0 Å². The summed E-state index contributed by atoms with van der Waals surface area (Å²) in [7, 11) is 3.50. The highest BCUT2D eigenvalue weighted by atomic mass is 32.1. The normalized spacial score (nSPS) is 11.3. The second-order valence-electron chi connectivity index (χ2n) is 5.14. The molecule has 0 unspecified atom stereocenters. The summed E-state index contributed by atoms with van der Waals surface area (Å²) in [4.78, 5) is 7.02. The number of aryl methyl sites for hydroxylation is 1. The third kappa shape index (κ3) is 5.28. The molecule has 0 radical (unpaired) electrons. The molecule has 2 N–H and O–H groups in total. The Morgan fingerprint density at radius 1 is 1.13 bits per heavy atom. The van der Waals surface area contributed by atoms with Gasteiger partial charge in [0.2, 0.25) is 0 Å². The van der Waals surface area contributed by atoms with Gasteiger partial charge in [-0.2, -0.15) is 0 Å². The minimum absolute atomic E-state index is 0.805. The number of hydrogen-bond acceptors (Lipinski definition) is 3. The first-order chi connectivity index (χ1) is 11.3. The van der Waals surface area contributed by atoms with Gasteiger partial charge >= 0.3 is 0 Å². The van der Waals surface area contributed by atoms with Gasteiger partial charge in [-0.05, 0) is 36.6 Å². The van der Waals surface area contributed by atoms with Crippen LogP contribution in [0.4, 0.5) is 0 Å². The summed E-state index contributed by atoms with van der Waals surface area (Å²) in [5.74, 6) is 1.76. The van der Waals surface area contributed by atoms with Crippen molar-refractivity contribution in [3.05, 3.63) is 51.7 Å². The smallest absolute Gasteiger partial charge is 0.191 e. The highest BCUT2D eigenvalue weighted by molar-refractivity contribution is 7.11. The number of hydrogen-bond donors (Lipinski definition) is 2. The van der Waals surface area contributed by atoms with Crippen LogP contribution in [0.3, 0.4) is 0 Å². The maximum atomic E-state index is 5.38. The Bertz CT molecular complexity index is 637. The first-order valence-electron chi connectivity index (χ1n) is 7.90. The SMILES string of the molecule is CCc1ccc(CNC(=NC)NCCc2ccccc2OC)s1. The minimum Gasteiger partial charge on any atom is -0.496 e. The zero-order chi connectivity index (χ0) is 16.5. The van der Waals surface area contributed by atoms with Crippen molar-refractivity contribution >= 4 is 17.3 Å². The second kappa shape index (κ2) is 9.20. The number of guanidine groups is 1. The number of nitrogens with one attached hydrogen (secondary N) is 2. The molecule has 0 amide bonds. The summed E-state index contributed by atoms with van der Waals surface area (Å²) in [6.45, 7) is 3.80. The monoisotopic (exact) mass is 331 g/mol. The van der Waals surface area contributed by atoms with Gasteiger partial charge in [-0.3, -0.25) is 4.99 Å². The molecule has 1 aromatic heterocycles. The van der Waals surface area contributed by atoms with Gasteiger partial charge in [0.05, 0.1) is 13.7 Å². The predicted molar refractivity (Wildman–Crippen MR) is 98.6 cm³/mol. The molecule has 0 saturated carbocycles. The van der Waals surface area contributed by atoms with Gasteiger partial charge in [-0.15, -0.1) is 11.3 Å². The molecule has 0 fully saturated rings. The van der Waals surface area contributed by atoms with Crippen LogP contribution in [0.2, 0.25) is 0 Å². The molecule has 0 spiro atoms. The van der Waals surface area contributed by atoms with Gasteiger partial charge in [-0.25, -0.2) is 0 Å². The van der Waals surface area contributed by atoms with E-state index in [1.165, 1.54) is 15.3 Å². The molecule has 2 rings (SSSR count). The maximum absolute atomic E-state index is 5.38. The molecule has 2 aromatic rings. The summed E-state index contributed by atoms with van der Waals surface area (Å²) in [6, 6.07) is 12.5. The fraction of sp³-hybridized carbons (Fsp3) is 0.389. The molecule has 124 valence electrons. The van der Waals surface area contributed by atoms with E-state index in [9.17, 15) is 0 Å². The third-order valence-electron chi connectivity index (χ3n) is 3.60. The van der Waals surface area contributed by atoms with Crippen molar-refractivity contribution in [1.29, 1.82) is 0 Å². The lowest BCUT2D eigenvalue weighted by molar-refractivity contribution is 0.409. The van der Waals surface area contributed by atoms with Crippen LogP contribution in [0.5, 0.6) is 5.75 Å². The number of aliphatic imine (C=N–C) groups is 1. The van der Waals surface area contributed by atoms with Crippen molar-refractivity contribution < 1.29 is 4.74 Å². The lowest BCUT2D eigenvalue weighted by Crippen LogP contribution is -2.37. The molecular weight excluding hydrogens is 306 g/mol. The highest BCUT2D eigenvalue weighted by Gasteiger charge is 2.03. The molecule has 23 heavy (non-hydrogen) atoms. The van der Waals surface area contributed by atoms with E-state index in [2.05, 4.69) is 40.7 Å². The number of para-hydroxylation sites is 1. The molecule has 1 aromatic carbocycles. The Balaban J connectivity index is 1.79. The van der Waals surface area contributed by atoms with E-state index in [-0.39, 0.29) is 0 Å². The van der Waals surface area contributed by atoms with Gasteiger partial charge in [0, 0.05) is 23.3 Å². The van der Waals surface area contributed by atoms with Gasteiger partial charge in [0.1, 0.15) is 5.75 Å². The molecule has 4 nitrogen and oxygen atoms in total. The first kappa shape index (κ1) is 17.3. The summed E-state index contributed by atoms with van der Waals surface area (Å²) in [5.41, 5.74) is 1.20. The lowest BCUT2D eigenvalue weighted by Gasteiger charge is -2.12. The molecule has 1 heterocycles. The van der Waals surface area contributed by atoms with Crippen LogP contribution < -0.4 is 15.4 Å². The zero-order valence-corrected chi connectivity index (χ0v) is 14.9. The number of benzene rings is 1. The lowest BCUT2D eigenvalue weighted by atomic mass is 10.1. The Hall–Kier alpha value is -2.01. The van der Waals surface area contributed by atoms with Crippen LogP contribution in [-0.4, -0.2) is 26.7 Å². The summed E-state index contributed by atoms with van der Waals surface area (Å²) in [5, 5.41) is 6.70. The number of nitrogens with zero attached hydrogens (tertiary/aromatic N) is 1. The van der Waals surface area contributed by atoms with Crippen LogP contribution >= 0.6 is 11.3 Å². The number of ether oxygens (including phenoxy) is 1. The summed E-state index contributed by atoms with van der Waals surface area (Å²) >= 11 is 1.85. The molecule has 0 atom stereocenters. The fourth-order valence-corrected chi connectivity index (χ4v) is 3.22. The molecule has 0 aliphatic carbocycles. The van der Waals surface area contributed by atoms with Crippen LogP contribution in [0.15, 0.2) is 41.4 Å². The van der Waals surface area contributed by atoms with E-state index in [1.807, 2.05) is 29.5 Å². The Labute approximate surface area is 142 Å². The third-order valence-corrected chi connectivity index (χ3v) is 4.83. The average molecular weight is 331 g/mol. The number of thiophene rings is 1. The molecule has 5 heteroatoms. The fourth-order valence-electron chi connectivity index (χ4n) is 2.32. The van der Waals surface area contributed by atoms with E-state index in [1.54, 1.807) is 14.2 Å². The Morgan fingerprint density at radius 3 is 2.61 bits per heavy atom. The standard InChI is InChI=1S/C18H25N3OS/c1-4-15-9-10-16(23-15)13-21-18(19-2)20-12-11-14-7-5-6-8-17(14)22-3/h5-10H,4,11-13H2,1-3H3,(H2,19,20,21). The average Bonchev–Trinajstić information content (AvgIpc) is 3.06. The molecule has 0 saturated heterocycles. The number of rotatable bonds is 7. The van der Waals surface area contributed by atoms with Gasteiger partial charge in [0.15, 0.2) is 5.96 Å². The molecule has 0 aliphatic rings. The van der Waals surface area contributed by atoms with E-state index >= 15 is 0 Å². The molecular formula is C18H25N3OS. The number of methoxy groups -OCH3 is 1. The largest absolute Gasteiger partial charge is 0.496 e. The van der Waals surface area contributed by atoms with Crippen LogP contribution in [0.25, 0.3) is 0 Å². The Morgan fingerprint density at radius 2 is 1.91 bits per heavy atom. The predicted octanol–water partition coefficient (Wildman–Crippen LogP) is 3.23. The van der Waals surface area contributed by atoms with E-state index < -0.39 is 0 Å². The van der Waals surface area contributed by atoms with Crippen molar-refractivity contribution in [2.45, 2.75) is 26.3 Å². The minimum atomic E-state index is 0.805. The van der Waals surface area contributed by atoms with E-state index in [0.717, 1.165) is 37.6 Å². The van der Waals surface area contributed by atoms with Crippen LogP contribution in [0, 0.1) is 0 Å². The Kier molecular flexibility index (Phi) is 6.94. The zero-order valence-electron chi connectivity index (χ0n) is 14.1. The van der Waals surface area contributed by atoms with Crippen LogP contribution in [-0.2, 0) is 19.4 Å². The maximum Gasteiger partial charge on any atom is 0.191 e. The van der Waals surface area contributed by atoms with E-state index in [4.69, 9.17) is 4.74 Å². The quantitative estimate of drug-likeness (QED) is 0.605. The van der Waals surface area contributed by atoms with Crippen molar-refractivity contribution in [1.82, 2.24) is 10.6 Å². The van der Waals surface area contributed by atoms with Gasteiger partial charge < -0.3 is 15.4 Å². The van der Waals surface area contributed by atoms with Crippen molar-refractivity contribution in [3.8, 4) is 5.75 Å². The highest BCUT2D eigenvalue weighted by Crippen LogP contribution is 2.17. The molecule has 0 bridgehead atoms. The van der Waals surface area contributed by atoms with Crippen LogP contribution in [0.1, 0.15) is 22.2 Å². The second-order valence-corrected chi connectivity index (χ2v) is 6.39. The topological polar surface area (TPSA) is 45.7 Å². The summed E-state index contributed by atoms with van der Waals surface area (Å²) in [6.07, 6.45) is 1.99. The van der Waals surface area contributed by atoms with Crippen molar-refractivity contribution in [2.75, 3.05) is 20.7 Å². The van der Waals surface area contributed by atoms with E-state index in [0.29, 0.717) is 0 Å². The van der Waals surface area contributed by atoms with Gasteiger partial charge in [0.25, 0.3) is 0 Å². The first-order valence-corrected chi connectivity index (χ1v) is 8.72. The van der Waals surface area contributed by atoms with Crippen molar-refractivity contribution in [2.24, 2.45) is 4.99 Å². The molecule has 0 aliphatic heterocycles. The van der Waals surface area contributed by atoms with Gasteiger partial charge in [-0.1, -0.05) is 25.1 Å².